The lowest BCUT2D eigenvalue weighted by atomic mass is 10.2. The van der Waals surface area contributed by atoms with Gasteiger partial charge in [0, 0.05) is 17.4 Å². The number of hydrogen-bond donors (Lipinski definition) is 0. The Morgan fingerprint density at radius 1 is 1.14 bits per heavy atom. The first kappa shape index (κ1) is 18.6. The molecule has 1 aliphatic carbocycles. The van der Waals surface area contributed by atoms with Gasteiger partial charge in [-0.2, -0.15) is 0 Å². The van der Waals surface area contributed by atoms with E-state index in [1.165, 1.54) is 20.0 Å². The first-order valence-electron chi connectivity index (χ1n) is 9.21. The van der Waals surface area contributed by atoms with E-state index in [9.17, 15) is 4.79 Å². The Hall–Kier alpha value is -2.80. The number of hydrogen-bond acceptors (Lipinski definition) is 6. The molecule has 0 unspecified atom stereocenters. The van der Waals surface area contributed by atoms with Crippen molar-refractivity contribution in [1.82, 2.24) is 14.8 Å². The van der Waals surface area contributed by atoms with Crippen molar-refractivity contribution in [2.75, 3.05) is 19.5 Å². The molecule has 1 heterocycles. The summed E-state index contributed by atoms with van der Waals surface area (Å²) in [5.41, 5.74) is 1.56. The summed E-state index contributed by atoms with van der Waals surface area (Å²) in [5.74, 6) is 2.55. The van der Waals surface area contributed by atoms with Gasteiger partial charge >= 0.3 is 5.97 Å². The Morgan fingerprint density at radius 2 is 1.96 bits per heavy atom. The highest BCUT2D eigenvalue weighted by molar-refractivity contribution is 7.99. The third-order valence-electron chi connectivity index (χ3n) is 4.45. The number of carbonyl (C=O) groups is 1. The molecule has 4 rings (SSSR count). The highest BCUT2D eigenvalue weighted by Crippen LogP contribution is 2.41. The lowest BCUT2D eigenvalue weighted by Crippen LogP contribution is -2.05. The van der Waals surface area contributed by atoms with Crippen LogP contribution in [0.25, 0.3) is 5.69 Å². The maximum atomic E-state index is 11.6. The molecule has 3 aromatic rings. The first-order valence-corrected chi connectivity index (χ1v) is 10.2. The number of methoxy groups -OCH3 is 1. The fourth-order valence-corrected chi connectivity index (χ4v) is 3.70. The Morgan fingerprint density at radius 3 is 2.71 bits per heavy atom. The van der Waals surface area contributed by atoms with E-state index in [-0.39, 0.29) is 5.97 Å². The summed E-state index contributed by atoms with van der Waals surface area (Å²) in [6.07, 6.45) is 2.35. The summed E-state index contributed by atoms with van der Waals surface area (Å²) in [6.45, 7) is 0.496. The van der Waals surface area contributed by atoms with Crippen molar-refractivity contribution in [3.63, 3.8) is 0 Å². The molecule has 7 heteroatoms. The van der Waals surface area contributed by atoms with Crippen LogP contribution in [0.3, 0.4) is 0 Å². The number of para-hydroxylation sites is 1. The van der Waals surface area contributed by atoms with E-state index < -0.39 is 0 Å². The minimum Gasteiger partial charge on any atom is -0.493 e. The van der Waals surface area contributed by atoms with Gasteiger partial charge in [0.15, 0.2) is 5.16 Å². The van der Waals surface area contributed by atoms with Crippen molar-refractivity contribution in [1.29, 1.82) is 0 Å². The van der Waals surface area contributed by atoms with Gasteiger partial charge < -0.3 is 9.47 Å². The Labute approximate surface area is 167 Å². The molecule has 1 saturated carbocycles. The van der Waals surface area contributed by atoms with Crippen molar-refractivity contribution in [2.24, 2.45) is 0 Å². The molecule has 1 fully saturated rings. The molecular formula is C21H21N3O3S. The van der Waals surface area contributed by atoms with E-state index in [4.69, 9.17) is 9.47 Å². The quantitative estimate of drug-likeness (QED) is 0.325. The summed E-state index contributed by atoms with van der Waals surface area (Å²) < 4.78 is 12.7. The van der Waals surface area contributed by atoms with Gasteiger partial charge in [-0.15, -0.1) is 10.2 Å². The van der Waals surface area contributed by atoms with E-state index in [1.54, 1.807) is 30.0 Å². The van der Waals surface area contributed by atoms with Crippen molar-refractivity contribution >= 4 is 17.7 Å². The van der Waals surface area contributed by atoms with E-state index in [0.717, 1.165) is 22.4 Å². The molecule has 0 amide bonds. The fourth-order valence-electron chi connectivity index (χ4n) is 2.92. The standard InChI is InChI=1S/C21H21N3O3S/c1-26-20(25)16-6-5-9-18(14-16)27-12-13-28-21-23-22-19(15-10-11-15)24(21)17-7-3-2-4-8-17/h2-9,14-15H,10-13H2,1H3. The van der Waals surface area contributed by atoms with Crippen molar-refractivity contribution in [3.8, 4) is 11.4 Å². The molecule has 0 spiro atoms. The lowest BCUT2D eigenvalue weighted by Gasteiger charge is -2.10. The highest BCUT2D eigenvalue weighted by atomic mass is 32.2. The molecule has 28 heavy (non-hydrogen) atoms. The van der Waals surface area contributed by atoms with E-state index in [0.29, 0.717) is 23.8 Å². The SMILES string of the molecule is COC(=O)c1cccc(OCCSc2nnc(C3CC3)n2-c2ccccc2)c1. The molecule has 1 aromatic heterocycles. The predicted octanol–water partition coefficient (Wildman–Crippen LogP) is 4.10. The predicted molar refractivity (Wildman–Crippen MR) is 107 cm³/mol. The van der Waals surface area contributed by atoms with Crippen LogP contribution in [-0.2, 0) is 4.74 Å². The van der Waals surface area contributed by atoms with Gasteiger partial charge in [-0.1, -0.05) is 36.0 Å². The van der Waals surface area contributed by atoms with Gasteiger partial charge in [-0.3, -0.25) is 4.57 Å². The van der Waals surface area contributed by atoms with Gasteiger partial charge in [-0.05, 0) is 43.2 Å². The second-order valence-electron chi connectivity index (χ2n) is 6.50. The zero-order chi connectivity index (χ0) is 19.3. The smallest absolute Gasteiger partial charge is 0.337 e. The molecule has 144 valence electrons. The van der Waals surface area contributed by atoms with Crippen LogP contribution in [0.2, 0.25) is 0 Å². The monoisotopic (exact) mass is 395 g/mol. The minimum atomic E-state index is -0.372. The van der Waals surface area contributed by atoms with E-state index in [2.05, 4.69) is 26.9 Å². The number of nitrogens with zero attached hydrogens (tertiary/aromatic N) is 3. The molecule has 2 aromatic carbocycles. The number of rotatable bonds is 8. The molecule has 0 radical (unpaired) electrons. The van der Waals surface area contributed by atoms with E-state index in [1.807, 2.05) is 24.3 Å². The van der Waals surface area contributed by atoms with Gasteiger partial charge in [-0.25, -0.2) is 4.79 Å². The Balaban J connectivity index is 1.40. The maximum Gasteiger partial charge on any atom is 0.337 e. The van der Waals surface area contributed by atoms with Gasteiger partial charge in [0.2, 0.25) is 0 Å². The van der Waals surface area contributed by atoms with Crippen LogP contribution in [0.4, 0.5) is 0 Å². The molecule has 0 aliphatic heterocycles. The molecular weight excluding hydrogens is 374 g/mol. The Kier molecular flexibility index (Phi) is 5.62. The topological polar surface area (TPSA) is 66.2 Å². The number of benzene rings is 2. The normalized spacial score (nSPS) is 13.3. The summed E-state index contributed by atoms with van der Waals surface area (Å²) in [5, 5.41) is 9.71. The average Bonchev–Trinajstić information content (AvgIpc) is 3.51. The number of thioether (sulfide) groups is 1. The summed E-state index contributed by atoms with van der Waals surface area (Å²) >= 11 is 1.61. The van der Waals surface area contributed by atoms with Crippen molar-refractivity contribution in [2.45, 2.75) is 23.9 Å². The largest absolute Gasteiger partial charge is 0.493 e. The third kappa shape index (κ3) is 4.20. The van der Waals surface area contributed by atoms with Crippen LogP contribution in [0.15, 0.2) is 59.8 Å². The number of ether oxygens (including phenoxy) is 2. The number of carbonyl (C=O) groups excluding carboxylic acids is 1. The fraction of sp³-hybridized carbons (Fsp3) is 0.286. The van der Waals surface area contributed by atoms with Gasteiger partial charge in [0.1, 0.15) is 11.6 Å². The maximum absolute atomic E-state index is 11.6. The second-order valence-corrected chi connectivity index (χ2v) is 7.56. The third-order valence-corrected chi connectivity index (χ3v) is 5.35. The van der Waals surface area contributed by atoms with E-state index >= 15 is 0 Å². The van der Waals surface area contributed by atoms with Crippen molar-refractivity contribution in [3.05, 3.63) is 66.0 Å². The van der Waals surface area contributed by atoms with Crippen LogP contribution in [0.5, 0.6) is 5.75 Å². The summed E-state index contributed by atoms with van der Waals surface area (Å²) in [6, 6.07) is 17.2. The van der Waals surface area contributed by atoms with Gasteiger partial charge in [0.05, 0.1) is 19.3 Å². The molecule has 1 aliphatic rings. The summed E-state index contributed by atoms with van der Waals surface area (Å²) in [4.78, 5) is 11.6. The minimum absolute atomic E-state index is 0.372. The van der Waals surface area contributed by atoms with Crippen LogP contribution >= 0.6 is 11.8 Å². The van der Waals surface area contributed by atoms with Crippen LogP contribution in [0, 0.1) is 0 Å². The molecule has 0 atom stereocenters. The number of esters is 1. The Bertz CT molecular complexity index is 955. The molecule has 6 nitrogen and oxygen atoms in total. The highest BCUT2D eigenvalue weighted by Gasteiger charge is 2.30. The van der Waals surface area contributed by atoms with Crippen LogP contribution < -0.4 is 4.74 Å². The molecule has 0 N–H and O–H groups in total. The van der Waals surface area contributed by atoms with Crippen LogP contribution in [-0.4, -0.2) is 40.2 Å². The number of aromatic nitrogens is 3. The second kappa shape index (κ2) is 8.48. The molecule has 0 saturated heterocycles. The lowest BCUT2D eigenvalue weighted by molar-refractivity contribution is 0.0600. The first-order chi connectivity index (χ1) is 13.8. The van der Waals surface area contributed by atoms with Crippen molar-refractivity contribution < 1.29 is 14.3 Å². The van der Waals surface area contributed by atoms with Crippen LogP contribution in [0.1, 0.15) is 34.9 Å². The molecule has 0 bridgehead atoms. The zero-order valence-electron chi connectivity index (χ0n) is 15.6. The summed E-state index contributed by atoms with van der Waals surface area (Å²) in [7, 11) is 1.37. The van der Waals surface area contributed by atoms with Gasteiger partial charge in [0.25, 0.3) is 0 Å². The zero-order valence-corrected chi connectivity index (χ0v) is 16.4. The average molecular weight is 395 g/mol.